The van der Waals surface area contributed by atoms with E-state index >= 15 is 0 Å². The number of hydrogen-bond acceptors (Lipinski definition) is 4. The van der Waals surface area contributed by atoms with E-state index < -0.39 is 6.10 Å². The Kier molecular flexibility index (Phi) is 7.50. The van der Waals surface area contributed by atoms with Gasteiger partial charge in [-0.3, -0.25) is 14.6 Å². The van der Waals surface area contributed by atoms with Crippen molar-refractivity contribution in [2.75, 3.05) is 6.54 Å². The summed E-state index contributed by atoms with van der Waals surface area (Å²) in [6.45, 7) is 4.74. The second-order valence-electron chi connectivity index (χ2n) is 9.59. The van der Waals surface area contributed by atoms with Crippen molar-refractivity contribution in [3.8, 4) is 5.75 Å². The molecule has 2 atom stereocenters. The summed E-state index contributed by atoms with van der Waals surface area (Å²) in [6.07, 6.45) is 1.75. The fourth-order valence-corrected chi connectivity index (χ4v) is 4.91. The molecule has 6 heteroatoms. The summed E-state index contributed by atoms with van der Waals surface area (Å²) in [5.74, 6) is 0.372. The van der Waals surface area contributed by atoms with Crippen molar-refractivity contribution >= 4 is 11.8 Å². The number of hydrogen-bond donors (Lipinski definition) is 1. The number of aromatic nitrogens is 1. The molecule has 0 saturated carbocycles. The molecule has 4 aromatic rings. The first kappa shape index (κ1) is 25.2. The Morgan fingerprint density at radius 3 is 2.58 bits per heavy atom. The van der Waals surface area contributed by atoms with Crippen LogP contribution in [0.15, 0.2) is 97.2 Å². The highest BCUT2D eigenvalue weighted by Crippen LogP contribution is 2.38. The van der Waals surface area contributed by atoms with Crippen LogP contribution in [0.25, 0.3) is 0 Å². The van der Waals surface area contributed by atoms with Gasteiger partial charge in [0.1, 0.15) is 5.75 Å². The SMILES string of the molecule is Cc1cccc(C2c3cc(OC(C)C(=O)NCc4ccccn4)ccc3CCN2C(=O)c2ccccc2)c1. The lowest BCUT2D eigenvalue weighted by atomic mass is 9.87. The molecule has 0 fully saturated rings. The molecule has 6 nitrogen and oxygen atoms in total. The van der Waals surface area contributed by atoms with Crippen LogP contribution in [0.4, 0.5) is 0 Å². The summed E-state index contributed by atoms with van der Waals surface area (Å²) in [5.41, 5.74) is 5.82. The van der Waals surface area contributed by atoms with E-state index in [1.54, 1.807) is 13.1 Å². The largest absolute Gasteiger partial charge is 0.481 e. The maximum Gasteiger partial charge on any atom is 0.261 e. The van der Waals surface area contributed by atoms with Gasteiger partial charge in [-0.1, -0.05) is 60.2 Å². The molecule has 1 N–H and O–H groups in total. The summed E-state index contributed by atoms with van der Waals surface area (Å²) in [7, 11) is 0. The number of aryl methyl sites for hydroxylation is 1. The van der Waals surface area contributed by atoms with Crippen molar-refractivity contribution in [2.24, 2.45) is 0 Å². The van der Waals surface area contributed by atoms with Gasteiger partial charge in [-0.05, 0) is 73.4 Å². The lowest BCUT2D eigenvalue weighted by Crippen LogP contribution is -2.40. The van der Waals surface area contributed by atoms with E-state index in [4.69, 9.17) is 4.74 Å². The maximum absolute atomic E-state index is 13.7. The third-order valence-corrected chi connectivity index (χ3v) is 6.84. The van der Waals surface area contributed by atoms with Crippen LogP contribution < -0.4 is 10.1 Å². The Labute approximate surface area is 223 Å². The van der Waals surface area contributed by atoms with Crippen LogP contribution in [0.3, 0.4) is 0 Å². The van der Waals surface area contributed by atoms with Gasteiger partial charge in [-0.15, -0.1) is 0 Å². The normalized spacial score (nSPS) is 15.3. The smallest absolute Gasteiger partial charge is 0.261 e. The lowest BCUT2D eigenvalue weighted by molar-refractivity contribution is -0.127. The first-order chi connectivity index (χ1) is 18.5. The molecule has 38 heavy (non-hydrogen) atoms. The van der Waals surface area contributed by atoms with Gasteiger partial charge in [0.15, 0.2) is 6.10 Å². The molecule has 0 radical (unpaired) electrons. The summed E-state index contributed by atoms with van der Waals surface area (Å²) in [6, 6.07) is 29.0. The molecular weight excluding hydrogens is 474 g/mol. The monoisotopic (exact) mass is 505 g/mol. The van der Waals surface area contributed by atoms with Crippen LogP contribution >= 0.6 is 0 Å². The van der Waals surface area contributed by atoms with Gasteiger partial charge in [0.25, 0.3) is 11.8 Å². The number of carbonyl (C=O) groups is 2. The van der Waals surface area contributed by atoms with Crippen LogP contribution in [0.5, 0.6) is 5.75 Å². The molecule has 0 bridgehead atoms. The molecule has 5 rings (SSSR count). The number of carbonyl (C=O) groups excluding carboxylic acids is 2. The van der Waals surface area contributed by atoms with E-state index in [0.29, 0.717) is 24.4 Å². The molecular formula is C32H31N3O3. The fourth-order valence-electron chi connectivity index (χ4n) is 4.91. The first-order valence-corrected chi connectivity index (χ1v) is 12.9. The zero-order valence-electron chi connectivity index (χ0n) is 21.6. The van der Waals surface area contributed by atoms with Crippen LogP contribution in [-0.4, -0.2) is 34.3 Å². The van der Waals surface area contributed by atoms with Gasteiger partial charge < -0.3 is 15.0 Å². The summed E-state index contributed by atoms with van der Waals surface area (Å²) in [5, 5.41) is 2.88. The Morgan fingerprint density at radius 2 is 1.82 bits per heavy atom. The molecule has 3 aromatic carbocycles. The van der Waals surface area contributed by atoms with Crippen molar-refractivity contribution in [1.29, 1.82) is 0 Å². The predicted octanol–water partition coefficient (Wildman–Crippen LogP) is 5.26. The zero-order chi connectivity index (χ0) is 26.5. The van der Waals surface area contributed by atoms with Crippen molar-refractivity contribution in [2.45, 2.75) is 39.0 Å². The maximum atomic E-state index is 13.7. The number of benzene rings is 3. The molecule has 2 unspecified atom stereocenters. The number of fused-ring (bicyclic) bond motifs is 1. The molecule has 192 valence electrons. The van der Waals surface area contributed by atoms with Gasteiger partial charge >= 0.3 is 0 Å². The minimum absolute atomic E-state index is 0.00338. The average Bonchev–Trinajstić information content (AvgIpc) is 2.95. The minimum Gasteiger partial charge on any atom is -0.481 e. The van der Waals surface area contributed by atoms with Crippen molar-refractivity contribution in [1.82, 2.24) is 15.2 Å². The third-order valence-electron chi connectivity index (χ3n) is 6.84. The minimum atomic E-state index is -0.695. The molecule has 2 heterocycles. The van der Waals surface area contributed by atoms with E-state index in [0.717, 1.165) is 28.8 Å². The lowest BCUT2D eigenvalue weighted by Gasteiger charge is -2.38. The number of amides is 2. The second-order valence-corrected chi connectivity index (χ2v) is 9.59. The highest BCUT2D eigenvalue weighted by atomic mass is 16.5. The van der Waals surface area contributed by atoms with Crippen LogP contribution in [0.2, 0.25) is 0 Å². The summed E-state index contributed by atoms with van der Waals surface area (Å²) < 4.78 is 6.08. The van der Waals surface area contributed by atoms with E-state index in [2.05, 4.69) is 41.5 Å². The summed E-state index contributed by atoms with van der Waals surface area (Å²) >= 11 is 0. The molecule has 1 aliphatic heterocycles. The Bertz CT molecular complexity index is 1420. The van der Waals surface area contributed by atoms with E-state index in [9.17, 15) is 9.59 Å². The third kappa shape index (κ3) is 5.59. The van der Waals surface area contributed by atoms with Gasteiger partial charge in [0.2, 0.25) is 0 Å². The Morgan fingerprint density at radius 1 is 1.00 bits per heavy atom. The highest BCUT2D eigenvalue weighted by molar-refractivity contribution is 5.95. The summed E-state index contributed by atoms with van der Waals surface area (Å²) in [4.78, 5) is 32.6. The molecule has 1 aromatic heterocycles. The van der Waals surface area contributed by atoms with E-state index in [1.165, 1.54) is 5.56 Å². The van der Waals surface area contributed by atoms with Gasteiger partial charge in [-0.25, -0.2) is 0 Å². The number of ether oxygens (including phenoxy) is 1. The molecule has 0 saturated heterocycles. The molecule has 0 spiro atoms. The predicted molar refractivity (Wildman–Crippen MR) is 147 cm³/mol. The Balaban J connectivity index is 1.41. The number of nitrogens with one attached hydrogen (secondary N) is 1. The number of nitrogens with zero attached hydrogens (tertiary/aromatic N) is 2. The van der Waals surface area contributed by atoms with Gasteiger partial charge in [0, 0.05) is 18.3 Å². The quantitative estimate of drug-likeness (QED) is 0.372. The zero-order valence-corrected chi connectivity index (χ0v) is 21.6. The molecule has 1 aliphatic rings. The van der Waals surface area contributed by atoms with Crippen molar-refractivity contribution < 1.29 is 14.3 Å². The second kappa shape index (κ2) is 11.3. The molecule has 0 aliphatic carbocycles. The van der Waals surface area contributed by atoms with E-state index in [-0.39, 0.29) is 17.9 Å². The van der Waals surface area contributed by atoms with E-state index in [1.807, 2.05) is 71.6 Å². The number of pyridine rings is 1. The van der Waals surface area contributed by atoms with Crippen LogP contribution in [0.1, 0.15) is 51.3 Å². The number of rotatable bonds is 7. The van der Waals surface area contributed by atoms with Crippen molar-refractivity contribution in [3.63, 3.8) is 0 Å². The van der Waals surface area contributed by atoms with Crippen molar-refractivity contribution in [3.05, 3.63) is 131 Å². The first-order valence-electron chi connectivity index (χ1n) is 12.9. The Hall–Kier alpha value is -4.45. The average molecular weight is 506 g/mol. The standard InChI is InChI=1S/C32H31N3O3/c1-22-9-8-12-26(19-22)30-29-20-28(38-23(2)31(36)34-21-27-13-6-7-17-33-27)15-14-24(29)16-18-35(30)32(37)25-10-4-3-5-11-25/h3-15,17,19-20,23,30H,16,18,21H2,1-2H3,(H,34,36). The van der Waals surface area contributed by atoms with Gasteiger partial charge in [-0.2, -0.15) is 0 Å². The van der Waals surface area contributed by atoms with Crippen LogP contribution in [-0.2, 0) is 17.8 Å². The highest BCUT2D eigenvalue weighted by Gasteiger charge is 2.33. The topological polar surface area (TPSA) is 71.5 Å². The molecule has 2 amide bonds. The van der Waals surface area contributed by atoms with Crippen LogP contribution in [0, 0.1) is 6.92 Å². The fraction of sp³-hybridized carbons (Fsp3) is 0.219. The van der Waals surface area contributed by atoms with Gasteiger partial charge in [0.05, 0.1) is 18.3 Å².